The molecule has 1 unspecified atom stereocenters. The van der Waals surface area contributed by atoms with Crippen LogP contribution in [0.3, 0.4) is 0 Å². The summed E-state index contributed by atoms with van der Waals surface area (Å²) >= 11 is 4.61. The number of nitrogens with one attached hydrogen (secondary N) is 1. The van der Waals surface area contributed by atoms with Gasteiger partial charge in [-0.15, -0.1) is 11.3 Å². The van der Waals surface area contributed by atoms with Gasteiger partial charge in [0.25, 0.3) is 5.91 Å². The van der Waals surface area contributed by atoms with Crippen molar-refractivity contribution in [2.75, 3.05) is 6.54 Å². The molecule has 0 spiro atoms. The summed E-state index contributed by atoms with van der Waals surface area (Å²) in [4.78, 5) is 23.7. The number of amides is 1. The molecular formula is C13H18BrNO3S. The third-order valence-electron chi connectivity index (χ3n) is 2.54. The van der Waals surface area contributed by atoms with E-state index in [4.69, 9.17) is 0 Å². The molecule has 1 aromatic heterocycles. The molecule has 4 nitrogen and oxygen atoms in total. The fourth-order valence-corrected chi connectivity index (χ4v) is 3.21. The van der Waals surface area contributed by atoms with Crippen molar-refractivity contribution in [3.05, 3.63) is 20.8 Å². The molecule has 106 valence electrons. The first-order valence-electron chi connectivity index (χ1n) is 5.94. The van der Waals surface area contributed by atoms with Crippen LogP contribution in [0, 0.1) is 11.3 Å². The smallest absolute Gasteiger partial charge is 0.308 e. The van der Waals surface area contributed by atoms with Crippen LogP contribution in [-0.4, -0.2) is 23.5 Å². The van der Waals surface area contributed by atoms with Crippen molar-refractivity contribution >= 4 is 39.1 Å². The highest BCUT2D eigenvalue weighted by atomic mass is 79.9. The third kappa shape index (κ3) is 5.32. The zero-order valence-corrected chi connectivity index (χ0v) is 13.6. The molecular weight excluding hydrogens is 330 g/mol. The van der Waals surface area contributed by atoms with Gasteiger partial charge in [-0.2, -0.15) is 0 Å². The summed E-state index contributed by atoms with van der Waals surface area (Å²) in [5.41, 5.74) is -0.0860. The highest BCUT2D eigenvalue weighted by Crippen LogP contribution is 2.25. The van der Waals surface area contributed by atoms with E-state index < -0.39 is 11.9 Å². The zero-order chi connectivity index (χ0) is 14.6. The fourth-order valence-electron chi connectivity index (χ4n) is 1.74. The van der Waals surface area contributed by atoms with E-state index in [0.717, 1.165) is 4.47 Å². The van der Waals surface area contributed by atoms with E-state index in [1.54, 1.807) is 6.07 Å². The maximum absolute atomic E-state index is 11.9. The van der Waals surface area contributed by atoms with E-state index in [2.05, 4.69) is 21.2 Å². The van der Waals surface area contributed by atoms with Crippen molar-refractivity contribution in [1.82, 2.24) is 5.32 Å². The topological polar surface area (TPSA) is 66.4 Å². The molecule has 0 bridgehead atoms. The van der Waals surface area contributed by atoms with Crippen LogP contribution in [0.1, 0.15) is 36.9 Å². The molecule has 0 aliphatic heterocycles. The van der Waals surface area contributed by atoms with Gasteiger partial charge < -0.3 is 10.4 Å². The Hall–Kier alpha value is -0.880. The van der Waals surface area contributed by atoms with Crippen molar-refractivity contribution in [3.63, 3.8) is 0 Å². The molecule has 1 atom stereocenters. The minimum atomic E-state index is -0.875. The Morgan fingerprint density at radius 3 is 2.53 bits per heavy atom. The average molecular weight is 348 g/mol. The first-order chi connectivity index (χ1) is 8.70. The van der Waals surface area contributed by atoms with Gasteiger partial charge in [0.15, 0.2) is 0 Å². The predicted octanol–water partition coefficient (Wildman–Crippen LogP) is 3.38. The van der Waals surface area contributed by atoms with Crippen molar-refractivity contribution in [3.8, 4) is 0 Å². The number of carbonyl (C=O) groups excluding carboxylic acids is 1. The lowest BCUT2D eigenvalue weighted by Crippen LogP contribution is -2.34. The average Bonchev–Trinajstić information content (AvgIpc) is 2.68. The standard InChI is InChI=1S/C13H18BrNO3S/c1-13(2,3)6-8(12(17)18)7-15-11(16)10-9(14)4-5-19-10/h4-5,8H,6-7H2,1-3H3,(H,15,16)(H,17,18). The summed E-state index contributed by atoms with van der Waals surface area (Å²) in [6, 6.07) is 1.80. The zero-order valence-electron chi connectivity index (χ0n) is 11.2. The van der Waals surface area contributed by atoms with Crippen molar-refractivity contribution in [2.45, 2.75) is 27.2 Å². The van der Waals surface area contributed by atoms with Crippen LogP contribution in [0.2, 0.25) is 0 Å². The molecule has 19 heavy (non-hydrogen) atoms. The SMILES string of the molecule is CC(C)(C)CC(CNC(=O)c1sccc1Br)C(=O)O. The molecule has 0 radical (unpaired) electrons. The Balaban J connectivity index is 2.60. The van der Waals surface area contributed by atoms with Gasteiger partial charge in [0.2, 0.25) is 0 Å². The van der Waals surface area contributed by atoms with E-state index in [1.807, 2.05) is 26.2 Å². The van der Waals surface area contributed by atoms with Crippen molar-refractivity contribution in [1.29, 1.82) is 0 Å². The second kappa shape index (κ2) is 6.52. The molecule has 1 aromatic rings. The third-order valence-corrected chi connectivity index (χ3v) is 4.38. The Morgan fingerprint density at radius 2 is 2.11 bits per heavy atom. The molecule has 1 rings (SSSR count). The van der Waals surface area contributed by atoms with Crippen LogP contribution in [0.15, 0.2) is 15.9 Å². The first kappa shape index (κ1) is 16.2. The van der Waals surface area contributed by atoms with Gasteiger partial charge in [-0.05, 0) is 39.2 Å². The van der Waals surface area contributed by atoms with Crippen LogP contribution in [0.5, 0.6) is 0 Å². The number of aliphatic carboxylic acids is 1. The number of carboxylic acid groups (broad SMARTS) is 1. The summed E-state index contributed by atoms with van der Waals surface area (Å²) < 4.78 is 0.734. The van der Waals surface area contributed by atoms with Crippen LogP contribution >= 0.6 is 27.3 Å². The minimum absolute atomic E-state index is 0.0860. The van der Waals surface area contributed by atoms with E-state index in [1.165, 1.54) is 11.3 Å². The summed E-state index contributed by atoms with van der Waals surface area (Å²) in [6.45, 7) is 6.11. The molecule has 1 amide bonds. The van der Waals surface area contributed by atoms with Crippen LogP contribution in [0.4, 0.5) is 0 Å². The molecule has 0 saturated carbocycles. The first-order valence-corrected chi connectivity index (χ1v) is 7.62. The highest BCUT2D eigenvalue weighted by molar-refractivity contribution is 9.10. The minimum Gasteiger partial charge on any atom is -0.481 e. The number of hydrogen-bond acceptors (Lipinski definition) is 3. The molecule has 6 heteroatoms. The largest absolute Gasteiger partial charge is 0.481 e. The van der Waals surface area contributed by atoms with Crippen LogP contribution < -0.4 is 5.32 Å². The van der Waals surface area contributed by atoms with Gasteiger partial charge in [-0.25, -0.2) is 0 Å². The van der Waals surface area contributed by atoms with Gasteiger partial charge in [-0.3, -0.25) is 9.59 Å². The Morgan fingerprint density at radius 1 is 1.47 bits per heavy atom. The Labute approximate surface area is 125 Å². The van der Waals surface area contributed by atoms with Gasteiger partial charge in [0.05, 0.1) is 5.92 Å². The monoisotopic (exact) mass is 347 g/mol. The van der Waals surface area contributed by atoms with E-state index in [-0.39, 0.29) is 17.9 Å². The van der Waals surface area contributed by atoms with Crippen molar-refractivity contribution < 1.29 is 14.7 Å². The lowest BCUT2D eigenvalue weighted by molar-refractivity contribution is -0.142. The highest BCUT2D eigenvalue weighted by Gasteiger charge is 2.25. The van der Waals surface area contributed by atoms with Gasteiger partial charge in [-0.1, -0.05) is 20.8 Å². The maximum Gasteiger partial charge on any atom is 0.308 e. The number of halogens is 1. The number of thiophene rings is 1. The molecule has 0 saturated heterocycles. The summed E-state index contributed by atoms with van der Waals surface area (Å²) in [5, 5.41) is 13.7. The second-order valence-corrected chi connectivity index (χ2v) is 7.38. The summed E-state index contributed by atoms with van der Waals surface area (Å²) in [6.07, 6.45) is 0.522. The lowest BCUT2D eigenvalue weighted by atomic mass is 9.84. The lowest BCUT2D eigenvalue weighted by Gasteiger charge is -2.23. The van der Waals surface area contributed by atoms with Gasteiger partial charge in [0.1, 0.15) is 4.88 Å². The molecule has 1 heterocycles. The number of rotatable bonds is 5. The quantitative estimate of drug-likeness (QED) is 0.857. The molecule has 2 N–H and O–H groups in total. The Kier molecular flexibility index (Phi) is 5.55. The molecule has 0 aliphatic carbocycles. The van der Waals surface area contributed by atoms with Crippen molar-refractivity contribution in [2.24, 2.45) is 11.3 Å². The fraction of sp³-hybridized carbons (Fsp3) is 0.538. The molecule has 0 aromatic carbocycles. The molecule has 0 aliphatic rings. The van der Waals surface area contributed by atoms with E-state index >= 15 is 0 Å². The number of hydrogen-bond donors (Lipinski definition) is 2. The van der Waals surface area contributed by atoms with E-state index in [0.29, 0.717) is 11.3 Å². The maximum atomic E-state index is 11.9. The Bertz CT molecular complexity index is 465. The van der Waals surface area contributed by atoms with Crippen LogP contribution in [-0.2, 0) is 4.79 Å². The van der Waals surface area contributed by atoms with Gasteiger partial charge >= 0.3 is 5.97 Å². The normalized spacial score (nSPS) is 13.1. The van der Waals surface area contributed by atoms with Crippen LogP contribution in [0.25, 0.3) is 0 Å². The number of carboxylic acids is 1. The summed E-state index contributed by atoms with van der Waals surface area (Å²) in [5.74, 6) is -1.68. The van der Waals surface area contributed by atoms with E-state index in [9.17, 15) is 14.7 Å². The second-order valence-electron chi connectivity index (χ2n) is 5.61. The number of carbonyl (C=O) groups is 2. The summed E-state index contributed by atoms with van der Waals surface area (Å²) in [7, 11) is 0. The molecule has 0 fully saturated rings. The van der Waals surface area contributed by atoms with Gasteiger partial charge in [0, 0.05) is 11.0 Å². The predicted molar refractivity (Wildman–Crippen MR) is 79.6 cm³/mol.